The maximum absolute atomic E-state index is 13.0. The monoisotopic (exact) mass is 456 g/mol. The minimum atomic E-state index is -0.554. The third kappa shape index (κ3) is 4.33. The summed E-state index contributed by atoms with van der Waals surface area (Å²) in [5.74, 6) is -0.327. The highest BCUT2D eigenvalue weighted by molar-refractivity contribution is 6.30. The van der Waals surface area contributed by atoms with Crippen LogP contribution in [0.25, 0.3) is 11.0 Å². The first-order valence-electron chi connectivity index (χ1n) is 10.7. The number of amides is 1. The van der Waals surface area contributed by atoms with Crippen molar-refractivity contribution in [2.45, 2.75) is 38.1 Å². The molecule has 4 rings (SSSR count). The summed E-state index contributed by atoms with van der Waals surface area (Å²) in [4.78, 5) is 44.0. The molecule has 2 aromatic heterocycles. The largest absolute Gasteiger partial charge is 0.381 e. The first-order chi connectivity index (χ1) is 15.4. The lowest BCUT2D eigenvalue weighted by Crippen LogP contribution is -2.44. The number of rotatable bonds is 6. The van der Waals surface area contributed by atoms with Gasteiger partial charge in [-0.3, -0.25) is 19.1 Å². The highest BCUT2D eigenvalue weighted by Gasteiger charge is 2.35. The van der Waals surface area contributed by atoms with Crippen LogP contribution in [0.2, 0.25) is 5.02 Å². The lowest BCUT2D eigenvalue weighted by atomic mass is 9.74. The number of nitrogens with one attached hydrogen (secondary N) is 2. The average Bonchev–Trinajstić information content (AvgIpc) is 2.81. The molecule has 3 aromatic rings. The fraction of sp³-hybridized carbons (Fsp3) is 0.391. The van der Waals surface area contributed by atoms with Crippen LogP contribution in [0, 0.1) is 0 Å². The molecule has 1 aliphatic rings. The number of H-pyrrole nitrogens is 1. The Morgan fingerprint density at radius 3 is 2.66 bits per heavy atom. The van der Waals surface area contributed by atoms with E-state index in [0.717, 1.165) is 18.4 Å². The summed E-state index contributed by atoms with van der Waals surface area (Å²) >= 11 is 6.05. The molecule has 32 heavy (non-hydrogen) atoms. The van der Waals surface area contributed by atoms with Gasteiger partial charge in [0.25, 0.3) is 11.5 Å². The van der Waals surface area contributed by atoms with E-state index in [0.29, 0.717) is 37.7 Å². The van der Waals surface area contributed by atoms with Gasteiger partial charge in [0.05, 0.1) is 10.9 Å². The quantitative estimate of drug-likeness (QED) is 0.593. The fourth-order valence-electron chi connectivity index (χ4n) is 4.21. The summed E-state index contributed by atoms with van der Waals surface area (Å²) in [5.41, 5.74) is 0.325. The maximum Gasteiger partial charge on any atom is 0.329 e. The highest BCUT2D eigenvalue weighted by atomic mass is 35.5. The van der Waals surface area contributed by atoms with Gasteiger partial charge in [-0.1, -0.05) is 30.7 Å². The number of pyridine rings is 1. The molecule has 1 aromatic carbocycles. The zero-order chi connectivity index (χ0) is 22.7. The van der Waals surface area contributed by atoms with E-state index in [1.54, 1.807) is 0 Å². The van der Waals surface area contributed by atoms with E-state index < -0.39 is 11.2 Å². The average molecular weight is 457 g/mol. The number of hydrogen-bond acceptors (Lipinski definition) is 5. The summed E-state index contributed by atoms with van der Waals surface area (Å²) in [7, 11) is 0. The van der Waals surface area contributed by atoms with Crippen LogP contribution in [-0.2, 0) is 16.7 Å². The Hall–Kier alpha value is -2.97. The molecule has 0 radical (unpaired) electrons. The normalized spacial score (nSPS) is 15.6. The Labute approximate surface area is 189 Å². The van der Waals surface area contributed by atoms with Gasteiger partial charge in [0.1, 0.15) is 5.65 Å². The minimum absolute atomic E-state index is 0.212. The SMILES string of the molecule is CCCn1c(=O)[nH]c(=O)c2cc(C(=O)NCC3(c4ccc(Cl)cc4)CCOCC3)cnc21. The number of carbonyl (C=O) groups is 1. The molecule has 1 fully saturated rings. The number of aromatic amines is 1. The van der Waals surface area contributed by atoms with Crippen molar-refractivity contribution in [2.24, 2.45) is 0 Å². The molecule has 2 N–H and O–H groups in total. The smallest absolute Gasteiger partial charge is 0.329 e. The van der Waals surface area contributed by atoms with Crippen LogP contribution in [0.15, 0.2) is 46.1 Å². The van der Waals surface area contributed by atoms with E-state index in [2.05, 4.69) is 15.3 Å². The first kappa shape index (κ1) is 22.2. The Morgan fingerprint density at radius 1 is 1.25 bits per heavy atom. The number of aryl methyl sites for hydroxylation is 1. The van der Waals surface area contributed by atoms with Crippen molar-refractivity contribution in [1.82, 2.24) is 19.9 Å². The number of ether oxygens (including phenoxy) is 1. The van der Waals surface area contributed by atoms with E-state index in [9.17, 15) is 14.4 Å². The molecule has 1 aliphatic heterocycles. The molecule has 1 saturated heterocycles. The predicted molar refractivity (Wildman–Crippen MR) is 122 cm³/mol. The predicted octanol–water partition coefficient (Wildman–Crippen LogP) is 2.63. The number of fused-ring (bicyclic) bond motifs is 1. The van der Waals surface area contributed by atoms with Gasteiger partial charge < -0.3 is 10.1 Å². The van der Waals surface area contributed by atoms with Crippen molar-refractivity contribution in [3.8, 4) is 0 Å². The highest BCUT2D eigenvalue weighted by Crippen LogP contribution is 2.35. The van der Waals surface area contributed by atoms with Crippen molar-refractivity contribution in [3.63, 3.8) is 0 Å². The maximum atomic E-state index is 13.0. The van der Waals surface area contributed by atoms with Gasteiger partial charge in [0.15, 0.2) is 0 Å². The lowest BCUT2D eigenvalue weighted by Gasteiger charge is -2.38. The lowest BCUT2D eigenvalue weighted by molar-refractivity contribution is 0.0487. The van der Waals surface area contributed by atoms with E-state index in [1.165, 1.54) is 16.8 Å². The molecule has 0 spiro atoms. The molecule has 0 aliphatic carbocycles. The van der Waals surface area contributed by atoms with E-state index >= 15 is 0 Å². The second-order valence-electron chi connectivity index (χ2n) is 8.09. The number of halogens is 1. The van der Waals surface area contributed by atoms with Crippen molar-refractivity contribution in [3.05, 3.63) is 73.5 Å². The second kappa shape index (κ2) is 9.26. The van der Waals surface area contributed by atoms with E-state index in [1.807, 2.05) is 31.2 Å². The Bertz CT molecular complexity index is 1240. The van der Waals surface area contributed by atoms with E-state index in [4.69, 9.17) is 16.3 Å². The number of carbonyl (C=O) groups excluding carboxylic acids is 1. The zero-order valence-electron chi connectivity index (χ0n) is 17.8. The van der Waals surface area contributed by atoms with Crippen molar-refractivity contribution >= 4 is 28.5 Å². The molecule has 0 saturated carbocycles. The Balaban J connectivity index is 1.61. The van der Waals surface area contributed by atoms with Crippen LogP contribution in [0.1, 0.15) is 42.1 Å². The van der Waals surface area contributed by atoms with Crippen molar-refractivity contribution in [2.75, 3.05) is 19.8 Å². The number of benzene rings is 1. The van der Waals surface area contributed by atoms with Crippen molar-refractivity contribution in [1.29, 1.82) is 0 Å². The molecule has 8 nitrogen and oxygen atoms in total. The molecule has 0 unspecified atom stereocenters. The van der Waals surface area contributed by atoms with Crippen LogP contribution in [0.5, 0.6) is 0 Å². The zero-order valence-corrected chi connectivity index (χ0v) is 18.6. The van der Waals surface area contributed by atoms with Gasteiger partial charge in [0.2, 0.25) is 0 Å². The van der Waals surface area contributed by atoms with E-state index in [-0.39, 0.29) is 27.9 Å². The van der Waals surface area contributed by atoms with Gasteiger partial charge >= 0.3 is 5.69 Å². The Morgan fingerprint density at radius 2 is 1.97 bits per heavy atom. The van der Waals surface area contributed by atoms with Gasteiger partial charge in [-0.05, 0) is 43.0 Å². The fourth-order valence-corrected chi connectivity index (χ4v) is 4.33. The van der Waals surface area contributed by atoms with Crippen LogP contribution in [0.4, 0.5) is 0 Å². The topological polar surface area (TPSA) is 106 Å². The minimum Gasteiger partial charge on any atom is -0.381 e. The molecule has 1 amide bonds. The standard InChI is InChI=1S/C23H25ClN4O4/c1-2-9-28-19-18(21(30)27-22(28)31)12-15(13-25-19)20(29)26-14-23(7-10-32-11-8-23)16-3-5-17(24)6-4-16/h3-6,12-13H,2,7-11,14H2,1H3,(H,26,29)(H,27,30,31). The van der Waals surface area contributed by atoms with Gasteiger partial charge in [-0.15, -0.1) is 0 Å². The van der Waals surface area contributed by atoms with Crippen molar-refractivity contribution < 1.29 is 9.53 Å². The molecular weight excluding hydrogens is 432 g/mol. The molecule has 9 heteroatoms. The molecule has 3 heterocycles. The summed E-state index contributed by atoms with van der Waals surface area (Å²) in [5, 5.41) is 3.88. The van der Waals surface area contributed by atoms with Crippen LogP contribution in [0.3, 0.4) is 0 Å². The molecule has 0 bridgehead atoms. The second-order valence-corrected chi connectivity index (χ2v) is 8.52. The first-order valence-corrected chi connectivity index (χ1v) is 11.1. The van der Waals surface area contributed by atoms with Crippen LogP contribution < -0.4 is 16.6 Å². The third-order valence-corrected chi connectivity index (χ3v) is 6.29. The van der Waals surface area contributed by atoms with Crippen LogP contribution >= 0.6 is 11.6 Å². The number of aromatic nitrogens is 3. The molecule has 0 atom stereocenters. The third-order valence-electron chi connectivity index (χ3n) is 6.04. The summed E-state index contributed by atoms with van der Waals surface area (Å²) in [6.07, 6.45) is 3.66. The number of nitrogens with zero attached hydrogens (tertiary/aromatic N) is 2. The molecule has 168 valence electrons. The van der Waals surface area contributed by atoms with Gasteiger partial charge in [-0.2, -0.15) is 0 Å². The Kier molecular flexibility index (Phi) is 6.43. The summed E-state index contributed by atoms with van der Waals surface area (Å²) in [6.45, 7) is 4.00. The molecular formula is C23H25ClN4O4. The summed E-state index contributed by atoms with van der Waals surface area (Å²) in [6, 6.07) is 9.17. The number of hydrogen-bond donors (Lipinski definition) is 2. The van der Waals surface area contributed by atoms with Crippen LogP contribution in [-0.4, -0.2) is 40.2 Å². The summed E-state index contributed by atoms with van der Waals surface area (Å²) < 4.78 is 6.96. The van der Waals surface area contributed by atoms with Gasteiger partial charge in [0, 0.05) is 42.9 Å². The van der Waals surface area contributed by atoms with Gasteiger partial charge in [-0.25, -0.2) is 9.78 Å².